The smallest absolute Gasteiger partial charge is 0.276 e. The minimum Gasteiger partial charge on any atom is -0.335 e. The first-order valence-electron chi connectivity index (χ1n) is 8.41. The third-order valence-electron chi connectivity index (χ3n) is 4.50. The Labute approximate surface area is 144 Å². The molecule has 0 radical (unpaired) electrons. The summed E-state index contributed by atoms with van der Waals surface area (Å²) in [4.78, 5) is 14.2. The Morgan fingerprint density at radius 3 is 2.76 bits per heavy atom. The van der Waals surface area contributed by atoms with Crippen molar-refractivity contribution in [2.24, 2.45) is 0 Å². The first kappa shape index (κ1) is 15.5. The number of nitrogens with zero attached hydrogens (tertiary/aromatic N) is 6. The predicted octanol–water partition coefficient (Wildman–Crippen LogP) is 0.880. The Balaban J connectivity index is 1.44. The van der Waals surface area contributed by atoms with Crippen molar-refractivity contribution in [2.45, 2.75) is 25.8 Å². The van der Waals surface area contributed by atoms with Crippen molar-refractivity contribution in [1.29, 1.82) is 0 Å². The van der Waals surface area contributed by atoms with Gasteiger partial charge in [-0.3, -0.25) is 4.79 Å². The maximum absolute atomic E-state index is 12.4. The zero-order valence-electron chi connectivity index (χ0n) is 13.8. The van der Waals surface area contributed by atoms with Gasteiger partial charge in [0, 0.05) is 32.5 Å². The number of fused-ring (bicyclic) bond motifs is 1. The molecule has 3 heterocycles. The van der Waals surface area contributed by atoms with Crippen molar-refractivity contribution in [3.63, 3.8) is 0 Å². The van der Waals surface area contributed by atoms with Gasteiger partial charge >= 0.3 is 0 Å². The topological polar surface area (TPSA) is 92.6 Å². The van der Waals surface area contributed by atoms with Crippen molar-refractivity contribution >= 4 is 5.91 Å². The number of nitrogens with one attached hydrogen (secondary N) is 1. The first-order chi connectivity index (χ1) is 12.3. The standard InChI is InChI=1S/C17H19N7O/c25-17(14-12-18-22-19-14)23-9-8-16-21-20-15(24(16)11-10-23)7-6-13-4-2-1-3-5-13/h1-5,12H,6-11H2,(H,18,19,22). The second-order valence-electron chi connectivity index (χ2n) is 6.07. The van der Waals surface area contributed by atoms with Crippen molar-refractivity contribution in [3.05, 3.63) is 59.4 Å². The molecule has 1 aliphatic rings. The van der Waals surface area contributed by atoms with E-state index < -0.39 is 0 Å². The molecule has 0 fully saturated rings. The molecule has 2 aromatic heterocycles. The van der Waals surface area contributed by atoms with Crippen LogP contribution in [0.15, 0.2) is 36.5 Å². The van der Waals surface area contributed by atoms with Gasteiger partial charge in [0.15, 0.2) is 5.69 Å². The maximum atomic E-state index is 12.4. The fourth-order valence-electron chi connectivity index (χ4n) is 3.14. The third kappa shape index (κ3) is 3.28. The quantitative estimate of drug-likeness (QED) is 0.763. The summed E-state index contributed by atoms with van der Waals surface area (Å²) in [7, 11) is 0. The van der Waals surface area contributed by atoms with Crippen LogP contribution in [0.25, 0.3) is 0 Å². The molecule has 0 saturated heterocycles. The number of rotatable bonds is 4. The number of hydrogen-bond donors (Lipinski definition) is 1. The van der Waals surface area contributed by atoms with E-state index in [9.17, 15) is 4.79 Å². The van der Waals surface area contributed by atoms with Crippen LogP contribution in [-0.2, 0) is 25.8 Å². The first-order valence-corrected chi connectivity index (χ1v) is 8.41. The van der Waals surface area contributed by atoms with Gasteiger partial charge in [0.2, 0.25) is 0 Å². The van der Waals surface area contributed by atoms with Crippen molar-refractivity contribution in [2.75, 3.05) is 13.1 Å². The summed E-state index contributed by atoms with van der Waals surface area (Å²) < 4.78 is 2.15. The largest absolute Gasteiger partial charge is 0.335 e. The zero-order chi connectivity index (χ0) is 17.1. The molecule has 25 heavy (non-hydrogen) atoms. The molecular weight excluding hydrogens is 318 g/mol. The number of H-pyrrole nitrogens is 1. The molecule has 1 aromatic carbocycles. The summed E-state index contributed by atoms with van der Waals surface area (Å²) in [5.41, 5.74) is 1.64. The lowest BCUT2D eigenvalue weighted by Gasteiger charge is -2.18. The average Bonchev–Trinajstić information content (AvgIpc) is 3.26. The lowest BCUT2D eigenvalue weighted by molar-refractivity contribution is 0.0752. The van der Waals surface area contributed by atoms with Crippen LogP contribution in [-0.4, -0.2) is 54.1 Å². The highest BCUT2D eigenvalue weighted by molar-refractivity contribution is 5.91. The van der Waals surface area contributed by atoms with Crippen LogP contribution in [0.4, 0.5) is 0 Å². The predicted molar refractivity (Wildman–Crippen MR) is 89.9 cm³/mol. The number of aromatic nitrogens is 6. The molecular formula is C17H19N7O. The van der Waals surface area contributed by atoms with Gasteiger partial charge in [-0.1, -0.05) is 30.3 Å². The molecule has 1 aliphatic heterocycles. The van der Waals surface area contributed by atoms with Gasteiger partial charge in [0.25, 0.3) is 5.91 Å². The van der Waals surface area contributed by atoms with Gasteiger partial charge < -0.3 is 9.47 Å². The number of hydrogen-bond acceptors (Lipinski definition) is 5. The molecule has 1 N–H and O–H groups in total. The van der Waals surface area contributed by atoms with E-state index in [1.165, 1.54) is 11.8 Å². The molecule has 8 nitrogen and oxygen atoms in total. The van der Waals surface area contributed by atoms with Gasteiger partial charge in [-0.2, -0.15) is 15.4 Å². The maximum Gasteiger partial charge on any atom is 0.276 e. The normalized spacial score (nSPS) is 14.2. The molecule has 128 valence electrons. The summed E-state index contributed by atoms with van der Waals surface area (Å²) in [6.45, 7) is 1.94. The van der Waals surface area contributed by atoms with Gasteiger partial charge in [-0.25, -0.2) is 0 Å². The minimum atomic E-state index is -0.0988. The van der Waals surface area contributed by atoms with Crippen LogP contribution in [0.2, 0.25) is 0 Å². The number of carbonyl (C=O) groups excluding carboxylic acids is 1. The van der Waals surface area contributed by atoms with Crippen LogP contribution >= 0.6 is 0 Å². The average molecular weight is 337 g/mol. The van der Waals surface area contributed by atoms with E-state index >= 15 is 0 Å². The van der Waals surface area contributed by atoms with E-state index in [1.807, 2.05) is 18.2 Å². The summed E-state index contributed by atoms with van der Waals surface area (Å²) >= 11 is 0. The van der Waals surface area contributed by atoms with Crippen LogP contribution in [0.5, 0.6) is 0 Å². The van der Waals surface area contributed by atoms with E-state index in [-0.39, 0.29) is 5.91 Å². The lowest BCUT2D eigenvalue weighted by atomic mass is 10.1. The second kappa shape index (κ2) is 6.84. The van der Waals surface area contributed by atoms with E-state index in [1.54, 1.807) is 4.90 Å². The Hall–Kier alpha value is -3.03. The van der Waals surface area contributed by atoms with Crippen LogP contribution < -0.4 is 0 Å². The molecule has 8 heteroatoms. The highest BCUT2D eigenvalue weighted by atomic mass is 16.2. The fraction of sp³-hybridized carbons (Fsp3) is 0.353. The Morgan fingerprint density at radius 1 is 1.08 bits per heavy atom. The van der Waals surface area contributed by atoms with Crippen LogP contribution in [0, 0.1) is 0 Å². The monoisotopic (exact) mass is 337 g/mol. The second-order valence-corrected chi connectivity index (χ2v) is 6.07. The molecule has 0 saturated carbocycles. The SMILES string of the molecule is O=C(c1cn[nH]n1)N1CCc2nnc(CCc3ccccc3)n2CC1. The highest BCUT2D eigenvalue weighted by Crippen LogP contribution is 2.13. The number of amides is 1. The molecule has 1 amide bonds. The summed E-state index contributed by atoms with van der Waals surface area (Å²) in [5.74, 6) is 1.83. The van der Waals surface area contributed by atoms with Gasteiger partial charge in [-0.15, -0.1) is 10.2 Å². The van der Waals surface area contributed by atoms with Crippen LogP contribution in [0.1, 0.15) is 27.7 Å². The van der Waals surface area contributed by atoms with Crippen molar-refractivity contribution in [1.82, 2.24) is 35.1 Å². The Bertz CT molecular complexity index is 841. The van der Waals surface area contributed by atoms with E-state index in [4.69, 9.17) is 0 Å². The van der Waals surface area contributed by atoms with Crippen molar-refractivity contribution < 1.29 is 4.79 Å². The third-order valence-corrected chi connectivity index (χ3v) is 4.50. The molecule has 0 atom stereocenters. The summed E-state index contributed by atoms with van der Waals surface area (Å²) in [6.07, 6.45) is 3.93. The van der Waals surface area contributed by atoms with Gasteiger partial charge in [0.05, 0.1) is 6.20 Å². The van der Waals surface area contributed by atoms with Crippen molar-refractivity contribution in [3.8, 4) is 0 Å². The molecule has 3 aromatic rings. The van der Waals surface area contributed by atoms with Crippen LogP contribution in [0.3, 0.4) is 0 Å². The van der Waals surface area contributed by atoms with E-state index in [0.717, 1.165) is 24.5 Å². The van der Waals surface area contributed by atoms with Gasteiger partial charge in [-0.05, 0) is 12.0 Å². The molecule has 0 unspecified atom stereocenters. The van der Waals surface area contributed by atoms with Gasteiger partial charge in [0.1, 0.15) is 11.6 Å². The minimum absolute atomic E-state index is 0.0988. The number of aromatic amines is 1. The number of aryl methyl sites for hydroxylation is 2. The van der Waals surface area contributed by atoms with E-state index in [0.29, 0.717) is 31.7 Å². The summed E-state index contributed by atoms with van der Waals surface area (Å²) in [6, 6.07) is 10.4. The highest BCUT2D eigenvalue weighted by Gasteiger charge is 2.23. The van der Waals surface area contributed by atoms with E-state index in [2.05, 4.69) is 42.3 Å². The Kier molecular flexibility index (Phi) is 4.24. The molecule has 0 bridgehead atoms. The molecule has 4 rings (SSSR count). The lowest BCUT2D eigenvalue weighted by Crippen LogP contribution is -2.34. The fourth-order valence-corrected chi connectivity index (χ4v) is 3.14. The Morgan fingerprint density at radius 2 is 1.96 bits per heavy atom. The molecule has 0 aliphatic carbocycles. The number of benzene rings is 1. The number of carbonyl (C=O) groups is 1. The zero-order valence-corrected chi connectivity index (χ0v) is 13.8. The summed E-state index contributed by atoms with van der Waals surface area (Å²) in [5, 5.41) is 18.8. The molecule has 0 spiro atoms.